The Hall–Kier alpha value is -2.54. The lowest BCUT2D eigenvalue weighted by atomic mass is 10.1. The van der Waals surface area contributed by atoms with Gasteiger partial charge in [0.2, 0.25) is 0 Å². The van der Waals surface area contributed by atoms with Crippen molar-refractivity contribution >= 4 is 28.2 Å². The minimum absolute atomic E-state index is 0.275. The van der Waals surface area contributed by atoms with Gasteiger partial charge in [-0.2, -0.15) is 0 Å². The number of amides is 1. The second-order valence-electron chi connectivity index (χ2n) is 5.63. The predicted octanol–water partition coefficient (Wildman–Crippen LogP) is 3.96. The molecule has 6 nitrogen and oxygen atoms in total. The Balaban J connectivity index is 2.10. The zero-order valence-corrected chi connectivity index (χ0v) is 16.4. The van der Waals surface area contributed by atoms with Crippen molar-refractivity contribution in [2.24, 2.45) is 0 Å². The van der Waals surface area contributed by atoms with Gasteiger partial charge in [-0.05, 0) is 57.5 Å². The van der Waals surface area contributed by atoms with Crippen molar-refractivity contribution in [3.05, 3.63) is 40.3 Å². The van der Waals surface area contributed by atoms with Crippen LogP contribution in [0.1, 0.15) is 34.6 Å². The molecule has 1 heterocycles. The Labute approximate surface area is 157 Å². The van der Waals surface area contributed by atoms with Gasteiger partial charge in [-0.1, -0.05) is 0 Å². The van der Waals surface area contributed by atoms with Gasteiger partial charge in [0, 0.05) is 4.88 Å². The second-order valence-corrected chi connectivity index (χ2v) is 6.86. The summed E-state index contributed by atoms with van der Waals surface area (Å²) in [6.45, 7) is 7.41. The van der Waals surface area contributed by atoms with Crippen molar-refractivity contribution < 1.29 is 23.8 Å². The smallest absolute Gasteiger partial charge is 0.341 e. The number of benzene rings is 1. The number of hydrogen-bond donors (Lipinski definition) is 1. The van der Waals surface area contributed by atoms with Crippen LogP contribution in [0.2, 0.25) is 0 Å². The molecule has 0 saturated carbocycles. The highest BCUT2D eigenvalue weighted by atomic mass is 32.1. The summed E-state index contributed by atoms with van der Waals surface area (Å²) in [5, 5.41) is 3.26. The Morgan fingerprint density at radius 3 is 2.35 bits per heavy atom. The zero-order chi connectivity index (χ0) is 19.3. The van der Waals surface area contributed by atoms with Crippen LogP contribution in [0.15, 0.2) is 24.3 Å². The quantitative estimate of drug-likeness (QED) is 0.740. The van der Waals surface area contributed by atoms with Gasteiger partial charge < -0.3 is 19.5 Å². The molecule has 1 unspecified atom stereocenters. The van der Waals surface area contributed by atoms with Gasteiger partial charge >= 0.3 is 5.97 Å². The maximum Gasteiger partial charge on any atom is 0.341 e. The van der Waals surface area contributed by atoms with E-state index in [0.29, 0.717) is 22.1 Å². The van der Waals surface area contributed by atoms with Crippen molar-refractivity contribution in [3.8, 4) is 11.5 Å². The van der Waals surface area contributed by atoms with Crippen molar-refractivity contribution in [2.75, 3.05) is 19.0 Å². The Morgan fingerprint density at radius 2 is 1.77 bits per heavy atom. The molecule has 0 aliphatic heterocycles. The number of nitrogens with one attached hydrogen (secondary N) is 1. The van der Waals surface area contributed by atoms with E-state index in [1.54, 1.807) is 45.2 Å². The van der Waals surface area contributed by atoms with E-state index in [0.717, 1.165) is 10.4 Å². The lowest BCUT2D eigenvalue weighted by Crippen LogP contribution is -2.30. The van der Waals surface area contributed by atoms with Crippen LogP contribution in [0.5, 0.6) is 11.5 Å². The molecule has 1 aromatic heterocycles. The van der Waals surface area contributed by atoms with Crippen molar-refractivity contribution in [1.29, 1.82) is 0 Å². The lowest BCUT2D eigenvalue weighted by Gasteiger charge is -2.15. The fourth-order valence-corrected chi connectivity index (χ4v) is 3.34. The van der Waals surface area contributed by atoms with Gasteiger partial charge in [-0.15, -0.1) is 11.3 Å². The highest BCUT2D eigenvalue weighted by Crippen LogP contribution is 2.33. The SMILES string of the molecule is CCOC(=O)c1c(NC(=O)C(C)Oc2ccc(OC)cc2)sc(C)c1C. The van der Waals surface area contributed by atoms with E-state index in [1.165, 1.54) is 11.3 Å². The molecule has 0 aliphatic rings. The van der Waals surface area contributed by atoms with Gasteiger partial charge in [-0.25, -0.2) is 4.79 Å². The minimum atomic E-state index is -0.735. The highest BCUT2D eigenvalue weighted by Gasteiger charge is 2.24. The van der Waals surface area contributed by atoms with Crippen LogP contribution in [0.4, 0.5) is 5.00 Å². The lowest BCUT2D eigenvalue weighted by molar-refractivity contribution is -0.122. The fraction of sp³-hybridized carbons (Fsp3) is 0.368. The average Bonchev–Trinajstić information content (AvgIpc) is 2.89. The monoisotopic (exact) mass is 377 g/mol. The van der Waals surface area contributed by atoms with Crippen LogP contribution in [-0.4, -0.2) is 31.7 Å². The van der Waals surface area contributed by atoms with E-state index in [1.807, 2.05) is 13.8 Å². The molecular formula is C19H23NO5S. The van der Waals surface area contributed by atoms with E-state index in [4.69, 9.17) is 14.2 Å². The van der Waals surface area contributed by atoms with Crippen LogP contribution in [0.3, 0.4) is 0 Å². The molecular weight excluding hydrogens is 354 g/mol. The number of carbonyl (C=O) groups excluding carboxylic acids is 2. The maximum atomic E-state index is 12.5. The summed E-state index contributed by atoms with van der Waals surface area (Å²) >= 11 is 1.35. The molecule has 0 fully saturated rings. The third-order valence-electron chi connectivity index (χ3n) is 3.84. The topological polar surface area (TPSA) is 73.9 Å². The molecule has 2 aromatic rings. The first-order valence-electron chi connectivity index (χ1n) is 8.26. The average molecular weight is 377 g/mol. The summed E-state index contributed by atoms with van der Waals surface area (Å²) in [4.78, 5) is 25.6. The number of ether oxygens (including phenoxy) is 3. The number of carbonyl (C=O) groups is 2. The zero-order valence-electron chi connectivity index (χ0n) is 15.5. The first-order valence-corrected chi connectivity index (χ1v) is 9.07. The van der Waals surface area contributed by atoms with Gasteiger partial charge in [0.15, 0.2) is 6.10 Å². The van der Waals surface area contributed by atoms with Crippen LogP contribution in [0, 0.1) is 13.8 Å². The van der Waals surface area contributed by atoms with Crippen molar-refractivity contribution in [2.45, 2.75) is 33.8 Å². The summed E-state index contributed by atoms with van der Waals surface area (Å²) in [6.07, 6.45) is -0.735. The largest absolute Gasteiger partial charge is 0.497 e. The van der Waals surface area contributed by atoms with Crippen molar-refractivity contribution in [1.82, 2.24) is 0 Å². The number of aryl methyl sites for hydroxylation is 1. The summed E-state index contributed by atoms with van der Waals surface area (Å²) in [5.41, 5.74) is 1.21. The van der Waals surface area contributed by atoms with Gasteiger partial charge in [-0.3, -0.25) is 4.79 Å². The van der Waals surface area contributed by atoms with Crippen LogP contribution in [-0.2, 0) is 9.53 Å². The summed E-state index contributed by atoms with van der Waals surface area (Å²) in [6, 6.07) is 6.97. The molecule has 26 heavy (non-hydrogen) atoms. The third kappa shape index (κ3) is 4.54. The number of methoxy groups -OCH3 is 1. The molecule has 2 rings (SSSR count). The van der Waals surface area contributed by atoms with E-state index in [-0.39, 0.29) is 12.5 Å². The molecule has 0 radical (unpaired) electrons. The summed E-state index contributed by atoms with van der Waals surface area (Å²) < 4.78 is 15.8. The molecule has 1 amide bonds. The number of thiophene rings is 1. The predicted molar refractivity (Wildman–Crippen MR) is 101 cm³/mol. The Kier molecular flexibility index (Phi) is 6.63. The standard InChI is InChI=1S/C19H23NO5S/c1-6-24-19(22)16-11(2)13(4)26-18(16)20-17(21)12(3)25-15-9-7-14(23-5)8-10-15/h7-10,12H,6H2,1-5H3,(H,20,21). The number of rotatable bonds is 7. The van der Waals surface area contributed by atoms with E-state index < -0.39 is 12.1 Å². The Bertz CT molecular complexity index is 782. The molecule has 0 spiro atoms. The van der Waals surface area contributed by atoms with Crippen molar-refractivity contribution in [3.63, 3.8) is 0 Å². The molecule has 0 aliphatic carbocycles. The van der Waals surface area contributed by atoms with Crippen LogP contribution < -0.4 is 14.8 Å². The number of esters is 1. The number of hydrogen-bond acceptors (Lipinski definition) is 6. The molecule has 140 valence electrons. The summed E-state index contributed by atoms with van der Waals surface area (Å²) in [7, 11) is 1.58. The second kappa shape index (κ2) is 8.71. The third-order valence-corrected chi connectivity index (χ3v) is 4.97. The van der Waals surface area contributed by atoms with Gasteiger partial charge in [0.25, 0.3) is 5.91 Å². The molecule has 0 saturated heterocycles. The number of anilines is 1. The van der Waals surface area contributed by atoms with Gasteiger partial charge in [0.05, 0.1) is 19.3 Å². The first kappa shape index (κ1) is 19.8. The summed E-state index contributed by atoms with van der Waals surface area (Å²) in [5.74, 6) is 0.483. The minimum Gasteiger partial charge on any atom is -0.497 e. The van der Waals surface area contributed by atoms with Crippen LogP contribution in [0.25, 0.3) is 0 Å². The fourth-order valence-electron chi connectivity index (χ4n) is 2.29. The molecule has 1 N–H and O–H groups in total. The molecule has 0 bridgehead atoms. The molecule has 7 heteroatoms. The van der Waals surface area contributed by atoms with E-state index >= 15 is 0 Å². The Morgan fingerprint density at radius 1 is 1.15 bits per heavy atom. The van der Waals surface area contributed by atoms with Gasteiger partial charge in [0.1, 0.15) is 16.5 Å². The van der Waals surface area contributed by atoms with E-state index in [9.17, 15) is 9.59 Å². The first-order chi connectivity index (χ1) is 12.4. The normalized spacial score (nSPS) is 11.6. The van der Waals surface area contributed by atoms with E-state index in [2.05, 4.69) is 5.32 Å². The molecule has 1 aromatic carbocycles. The maximum absolute atomic E-state index is 12.5. The highest BCUT2D eigenvalue weighted by molar-refractivity contribution is 7.16. The van der Waals surface area contributed by atoms with Crippen LogP contribution >= 0.6 is 11.3 Å². The molecule has 1 atom stereocenters.